The maximum Gasteiger partial charge on any atom is 0.292 e. The fraction of sp³-hybridized carbons (Fsp3) is 0.722. The van der Waals surface area contributed by atoms with E-state index >= 15 is 0 Å². The van der Waals surface area contributed by atoms with Crippen LogP contribution in [0.15, 0.2) is 4.52 Å². The Bertz CT molecular complexity index is 837. The maximum atomic E-state index is 12.1. The second kappa shape index (κ2) is 6.70. The summed E-state index contributed by atoms with van der Waals surface area (Å²) in [4.78, 5) is 18.8. The first-order valence-corrected chi connectivity index (χ1v) is 9.95. The highest BCUT2D eigenvalue weighted by molar-refractivity contribution is 5.90. The molecule has 27 heavy (non-hydrogen) atoms. The third kappa shape index (κ3) is 3.24. The van der Waals surface area contributed by atoms with Gasteiger partial charge in [0.2, 0.25) is 5.89 Å². The van der Waals surface area contributed by atoms with Crippen LogP contribution in [-0.4, -0.2) is 48.3 Å². The van der Waals surface area contributed by atoms with Crippen molar-refractivity contribution < 1.29 is 9.32 Å². The Kier molecular flexibility index (Phi) is 4.18. The molecule has 2 saturated carbocycles. The Balaban J connectivity index is 1.28. The number of carbonyl (C=O) groups excluding carboxylic acids is 1. The standard InChI is InChI=1S/C18H25N7O2/c1-24-14(21-22-16(24)11-4-2-5-11)10-25-9-3-6-13(25)18-20-15(23-27-18)17(26)19-12-7-8-12/h11-13H,2-10H2,1H3,(H,19,26)/t13-/m1/s1. The summed E-state index contributed by atoms with van der Waals surface area (Å²) in [6, 6.07) is 0.312. The van der Waals surface area contributed by atoms with Gasteiger partial charge in [-0.15, -0.1) is 10.2 Å². The van der Waals surface area contributed by atoms with E-state index in [0.29, 0.717) is 18.4 Å². The molecule has 1 amide bonds. The topological polar surface area (TPSA) is 102 Å². The second-order valence-electron chi connectivity index (χ2n) is 7.99. The van der Waals surface area contributed by atoms with Gasteiger partial charge in [0.05, 0.1) is 12.6 Å². The average molecular weight is 371 g/mol. The van der Waals surface area contributed by atoms with Crippen LogP contribution in [0.2, 0.25) is 0 Å². The Morgan fingerprint density at radius 3 is 2.78 bits per heavy atom. The smallest absolute Gasteiger partial charge is 0.292 e. The van der Waals surface area contributed by atoms with Crippen LogP contribution in [0.1, 0.15) is 85.1 Å². The first kappa shape index (κ1) is 16.9. The van der Waals surface area contributed by atoms with E-state index in [-0.39, 0.29) is 23.8 Å². The van der Waals surface area contributed by atoms with Gasteiger partial charge in [0.25, 0.3) is 11.7 Å². The van der Waals surface area contributed by atoms with Gasteiger partial charge < -0.3 is 14.4 Å². The molecule has 2 aliphatic carbocycles. The molecule has 0 bridgehead atoms. The van der Waals surface area contributed by atoms with E-state index in [0.717, 1.165) is 43.9 Å². The molecule has 3 aliphatic rings. The molecular weight excluding hydrogens is 346 g/mol. The zero-order valence-corrected chi connectivity index (χ0v) is 15.6. The number of hydrogen-bond donors (Lipinski definition) is 1. The largest absolute Gasteiger partial charge is 0.346 e. The van der Waals surface area contributed by atoms with Crippen molar-refractivity contribution >= 4 is 5.91 Å². The third-order valence-corrected chi connectivity index (χ3v) is 6.02. The molecule has 1 N–H and O–H groups in total. The molecule has 0 radical (unpaired) electrons. The van der Waals surface area contributed by atoms with Crippen LogP contribution in [0.3, 0.4) is 0 Å². The summed E-state index contributed by atoms with van der Waals surface area (Å²) in [7, 11) is 2.06. The second-order valence-corrected chi connectivity index (χ2v) is 7.99. The van der Waals surface area contributed by atoms with Gasteiger partial charge in [0, 0.05) is 19.0 Å². The van der Waals surface area contributed by atoms with Gasteiger partial charge in [0.15, 0.2) is 0 Å². The Labute approximate surface area is 157 Å². The van der Waals surface area contributed by atoms with E-state index in [9.17, 15) is 4.79 Å². The number of carbonyl (C=O) groups is 1. The van der Waals surface area contributed by atoms with Crippen LogP contribution in [0.5, 0.6) is 0 Å². The predicted molar refractivity (Wildman–Crippen MR) is 94.8 cm³/mol. The lowest BCUT2D eigenvalue weighted by Gasteiger charge is -2.25. The quantitative estimate of drug-likeness (QED) is 0.824. The summed E-state index contributed by atoms with van der Waals surface area (Å²) in [5.74, 6) is 3.05. The molecule has 2 aromatic heterocycles. The molecule has 9 heteroatoms. The number of hydrogen-bond acceptors (Lipinski definition) is 7. The van der Waals surface area contributed by atoms with Gasteiger partial charge in [-0.1, -0.05) is 11.6 Å². The molecule has 1 saturated heterocycles. The van der Waals surface area contributed by atoms with Crippen molar-refractivity contribution in [2.75, 3.05) is 6.54 Å². The summed E-state index contributed by atoms with van der Waals surface area (Å²) in [5, 5.41) is 15.6. The fourth-order valence-corrected chi connectivity index (χ4v) is 3.95. The Hall–Kier alpha value is -2.29. The van der Waals surface area contributed by atoms with Crippen molar-refractivity contribution in [1.29, 1.82) is 0 Å². The lowest BCUT2D eigenvalue weighted by Crippen LogP contribution is -2.27. The lowest BCUT2D eigenvalue weighted by molar-refractivity contribution is 0.0937. The Morgan fingerprint density at radius 1 is 1.19 bits per heavy atom. The van der Waals surface area contributed by atoms with Crippen molar-refractivity contribution in [2.45, 2.75) is 69.5 Å². The number of amides is 1. The molecule has 2 aromatic rings. The molecule has 5 rings (SSSR count). The number of nitrogens with one attached hydrogen (secondary N) is 1. The summed E-state index contributed by atoms with van der Waals surface area (Å²) in [6.07, 6.45) is 7.79. The van der Waals surface area contributed by atoms with Crippen molar-refractivity contribution in [2.24, 2.45) is 7.05 Å². The SMILES string of the molecule is Cn1c(CN2CCC[C@@H]2c2nc(C(=O)NC3CC3)no2)nnc1C1CCC1. The van der Waals surface area contributed by atoms with Crippen LogP contribution in [-0.2, 0) is 13.6 Å². The van der Waals surface area contributed by atoms with Crippen molar-refractivity contribution in [1.82, 2.24) is 35.1 Å². The summed E-state index contributed by atoms with van der Waals surface area (Å²) in [5.41, 5.74) is 0. The molecule has 0 aromatic carbocycles. The highest BCUT2D eigenvalue weighted by Gasteiger charge is 2.34. The highest BCUT2D eigenvalue weighted by Crippen LogP contribution is 2.36. The van der Waals surface area contributed by atoms with Crippen molar-refractivity contribution in [3.8, 4) is 0 Å². The monoisotopic (exact) mass is 371 g/mol. The normalized spacial score (nSPS) is 23.5. The average Bonchev–Trinajstić information content (AvgIpc) is 3.00. The lowest BCUT2D eigenvalue weighted by atomic mass is 9.85. The maximum absolute atomic E-state index is 12.1. The van der Waals surface area contributed by atoms with Crippen LogP contribution >= 0.6 is 0 Å². The van der Waals surface area contributed by atoms with E-state index in [4.69, 9.17) is 4.52 Å². The van der Waals surface area contributed by atoms with Crippen molar-refractivity contribution in [3.63, 3.8) is 0 Å². The van der Waals surface area contributed by atoms with Crippen LogP contribution < -0.4 is 5.32 Å². The first-order chi connectivity index (χ1) is 13.2. The van der Waals surface area contributed by atoms with Crippen LogP contribution in [0.25, 0.3) is 0 Å². The summed E-state index contributed by atoms with van der Waals surface area (Å²) >= 11 is 0. The predicted octanol–water partition coefficient (Wildman–Crippen LogP) is 1.69. The molecule has 1 atom stereocenters. The minimum atomic E-state index is -0.240. The number of nitrogens with zero attached hydrogens (tertiary/aromatic N) is 6. The Morgan fingerprint density at radius 2 is 2.04 bits per heavy atom. The number of aromatic nitrogens is 5. The van der Waals surface area contributed by atoms with Gasteiger partial charge in [0.1, 0.15) is 11.6 Å². The van der Waals surface area contributed by atoms with Gasteiger partial charge in [-0.05, 0) is 45.1 Å². The third-order valence-electron chi connectivity index (χ3n) is 6.02. The summed E-state index contributed by atoms with van der Waals surface area (Å²) < 4.78 is 7.57. The molecule has 3 fully saturated rings. The molecular formula is C18H25N7O2. The number of likely N-dealkylation sites (tertiary alicyclic amines) is 1. The fourth-order valence-electron chi connectivity index (χ4n) is 3.95. The van der Waals surface area contributed by atoms with E-state index in [2.05, 4.69) is 42.2 Å². The van der Waals surface area contributed by atoms with Gasteiger partial charge in [-0.3, -0.25) is 9.69 Å². The molecule has 1 aliphatic heterocycles. The zero-order valence-electron chi connectivity index (χ0n) is 15.6. The van der Waals surface area contributed by atoms with Crippen molar-refractivity contribution in [3.05, 3.63) is 23.4 Å². The van der Waals surface area contributed by atoms with E-state index in [1.807, 2.05) is 0 Å². The van der Waals surface area contributed by atoms with Gasteiger partial charge in [-0.25, -0.2) is 0 Å². The van der Waals surface area contributed by atoms with Crippen LogP contribution in [0, 0.1) is 0 Å². The molecule has 144 valence electrons. The molecule has 9 nitrogen and oxygen atoms in total. The number of rotatable bonds is 6. The van der Waals surface area contributed by atoms with E-state index in [1.54, 1.807) is 0 Å². The minimum absolute atomic E-state index is 0.0313. The summed E-state index contributed by atoms with van der Waals surface area (Å²) in [6.45, 7) is 1.65. The van der Waals surface area contributed by atoms with E-state index < -0.39 is 0 Å². The zero-order chi connectivity index (χ0) is 18.4. The molecule has 0 unspecified atom stereocenters. The molecule has 0 spiro atoms. The van der Waals surface area contributed by atoms with Gasteiger partial charge >= 0.3 is 0 Å². The minimum Gasteiger partial charge on any atom is -0.346 e. The van der Waals surface area contributed by atoms with E-state index in [1.165, 1.54) is 19.3 Å². The highest BCUT2D eigenvalue weighted by atomic mass is 16.5. The van der Waals surface area contributed by atoms with Crippen LogP contribution in [0.4, 0.5) is 0 Å². The molecule has 3 heterocycles. The van der Waals surface area contributed by atoms with Gasteiger partial charge in [-0.2, -0.15) is 4.98 Å². The first-order valence-electron chi connectivity index (χ1n) is 9.95.